The van der Waals surface area contributed by atoms with Gasteiger partial charge in [0.15, 0.2) is 0 Å². The summed E-state index contributed by atoms with van der Waals surface area (Å²) < 4.78 is 0. The first-order valence-corrected chi connectivity index (χ1v) is 5.22. The van der Waals surface area contributed by atoms with E-state index in [9.17, 15) is 4.79 Å². The molecule has 0 aromatic rings. The third-order valence-electron chi connectivity index (χ3n) is 2.39. The van der Waals surface area contributed by atoms with Gasteiger partial charge in [0, 0.05) is 19.5 Å². The van der Waals surface area contributed by atoms with Gasteiger partial charge in [-0.05, 0) is 26.3 Å². The Hall–Kier alpha value is -1.01. The van der Waals surface area contributed by atoms with Crippen LogP contribution in [0.2, 0.25) is 0 Å². The fraction of sp³-hybridized carbons (Fsp3) is 0.727. The molecule has 0 aliphatic carbocycles. The van der Waals surface area contributed by atoms with Gasteiger partial charge in [-0.25, -0.2) is 0 Å². The molecule has 0 unspecified atom stereocenters. The van der Waals surface area contributed by atoms with Gasteiger partial charge in [0.05, 0.1) is 5.92 Å². The zero-order chi connectivity index (χ0) is 10.2. The molecule has 1 heterocycles. The van der Waals surface area contributed by atoms with E-state index >= 15 is 0 Å². The summed E-state index contributed by atoms with van der Waals surface area (Å²) in [6.45, 7) is 4.36. The zero-order valence-corrected chi connectivity index (χ0v) is 8.73. The fourth-order valence-corrected chi connectivity index (χ4v) is 1.59. The molecule has 3 heteroatoms. The van der Waals surface area contributed by atoms with E-state index < -0.39 is 0 Å². The number of rotatable bonds is 3. The number of nitrogens with one attached hydrogen (secondary N) is 2. The third-order valence-corrected chi connectivity index (χ3v) is 2.39. The van der Waals surface area contributed by atoms with Gasteiger partial charge < -0.3 is 10.6 Å². The maximum Gasteiger partial charge on any atom is 0.224 e. The fourth-order valence-electron chi connectivity index (χ4n) is 1.59. The molecule has 3 nitrogen and oxygen atoms in total. The summed E-state index contributed by atoms with van der Waals surface area (Å²) in [6, 6.07) is 0. The van der Waals surface area contributed by atoms with Gasteiger partial charge >= 0.3 is 0 Å². The summed E-state index contributed by atoms with van der Waals surface area (Å²) >= 11 is 0. The van der Waals surface area contributed by atoms with Crippen LogP contribution in [0.25, 0.3) is 0 Å². The summed E-state index contributed by atoms with van der Waals surface area (Å²) in [6.07, 6.45) is 2.87. The second-order valence-electron chi connectivity index (χ2n) is 3.51. The minimum atomic E-state index is 0.165. The molecule has 0 bridgehead atoms. The molecule has 0 aromatic heterocycles. The SMILES string of the molecule is CC#CCCNC(=O)[C@H]1CCCNC1. The van der Waals surface area contributed by atoms with Crippen molar-refractivity contribution in [1.82, 2.24) is 10.6 Å². The molecule has 2 N–H and O–H groups in total. The van der Waals surface area contributed by atoms with Crippen LogP contribution in [0.1, 0.15) is 26.2 Å². The Morgan fingerprint density at radius 3 is 3.14 bits per heavy atom. The van der Waals surface area contributed by atoms with Crippen molar-refractivity contribution in [2.75, 3.05) is 19.6 Å². The molecule has 14 heavy (non-hydrogen) atoms. The quantitative estimate of drug-likeness (QED) is 0.508. The van der Waals surface area contributed by atoms with Gasteiger partial charge in [-0.3, -0.25) is 4.79 Å². The maximum atomic E-state index is 11.6. The molecule has 1 aliphatic heterocycles. The highest BCUT2D eigenvalue weighted by Crippen LogP contribution is 2.09. The van der Waals surface area contributed by atoms with Crippen LogP contribution in [0.3, 0.4) is 0 Å². The average molecular weight is 194 g/mol. The van der Waals surface area contributed by atoms with E-state index in [1.165, 1.54) is 0 Å². The number of hydrogen-bond acceptors (Lipinski definition) is 2. The standard InChI is InChI=1S/C11H18N2O/c1-2-3-4-8-13-11(14)10-6-5-7-12-9-10/h10,12H,4-9H2,1H3,(H,13,14)/t10-/m0/s1. The van der Waals surface area contributed by atoms with Crippen LogP contribution < -0.4 is 10.6 Å². The molecular weight excluding hydrogens is 176 g/mol. The van der Waals surface area contributed by atoms with E-state index in [1.807, 2.05) is 6.92 Å². The van der Waals surface area contributed by atoms with Gasteiger partial charge in [-0.15, -0.1) is 11.8 Å². The lowest BCUT2D eigenvalue weighted by atomic mass is 9.99. The Morgan fingerprint density at radius 2 is 2.50 bits per heavy atom. The summed E-state index contributed by atoms with van der Waals surface area (Å²) in [5.74, 6) is 6.07. The molecule has 1 aliphatic rings. The Morgan fingerprint density at radius 1 is 1.64 bits per heavy atom. The Kier molecular flexibility index (Phi) is 5.09. The predicted molar refractivity (Wildman–Crippen MR) is 56.7 cm³/mol. The van der Waals surface area contributed by atoms with E-state index in [0.717, 1.165) is 32.4 Å². The van der Waals surface area contributed by atoms with Gasteiger partial charge in [0.25, 0.3) is 0 Å². The highest BCUT2D eigenvalue weighted by molar-refractivity contribution is 5.78. The van der Waals surface area contributed by atoms with Crippen LogP contribution in [0, 0.1) is 17.8 Å². The lowest BCUT2D eigenvalue weighted by Crippen LogP contribution is -2.40. The number of carbonyl (C=O) groups excluding carboxylic acids is 1. The van der Waals surface area contributed by atoms with Crippen molar-refractivity contribution in [2.45, 2.75) is 26.2 Å². The predicted octanol–water partition coefficient (Wildman–Crippen LogP) is 0.516. The third kappa shape index (κ3) is 3.80. The van der Waals surface area contributed by atoms with Gasteiger partial charge in [-0.2, -0.15) is 0 Å². The van der Waals surface area contributed by atoms with Crippen molar-refractivity contribution in [2.24, 2.45) is 5.92 Å². The summed E-state index contributed by atoms with van der Waals surface area (Å²) in [4.78, 5) is 11.6. The largest absolute Gasteiger partial charge is 0.355 e. The molecule has 1 amide bonds. The van der Waals surface area contributed by atoms with Crippen molar-refractivity contribution < 1.29 is 4.79 Å². The first-order chi connectivity index (χ1) is 6.84. The Labute approximate surface area is 85.6 Å². The second-order valence-corrected chi connectivity index (χ2v) is 3.51. The lowest BCUT2D eigenvalue weighted by molar-refractivity contribution is -0.125. The van der Waals surface area contributed by atoms with Crippen LogP contribution in [0.15, 0.2) is 0 Å². The molecular formula is C11H18N2O. The van der Waals surface area contributed by atoms with Crippen LogP contribution >= 0.6 is 0 Å². The summed E-state index contributed by atoms with van der Waals surface area (Å²) in [5, 5.41) is 6.13. The molecule has 1 saturated heterocycles. The van der Waals surface area contributed by atoms with Crippen molar-refractivity contribution in [1.29, 1.82) is 0 Å². The number of piperidine rings is 1. The summed E-state index contributed by atoms with van der Waals surface area (Å²) in [7, 11) is 0. The average Bonchev–Trinajstić information content (AvgIpc) is 2.25. The topological polar surface area (TPSA) is 41.1 Å². The molecule has 1 fully saturated rings. The normalized spacial score (nSPS) is 20.8. The zero-order valence-electron chi connectivity index (χ0n) is 8.73. The van der Waals surface area contributed by atoms with Crippen molar-refractivity contribution in [3.63, 3.8) is 0 Å². The summed E-state index contributed by atoms with van der Waals surface area (Å²) in [5.41, 5.74) is 0. The van der Waals surface area contributed by atoms with Gasteiger partial charge in [0.2, 0.25) is 5.91 Å². The van der Waals surface area contributed by atoms with Crippen LogP contribution in [0.5, 0.6) is 0 Å². The smallest absolute Gasteiger partial charge is 0.224 e. The monoisotopic (exact) mass is 194 g/mol. The second kappa shape index (κ2) is 6.44. The van der Waals surface area contributed by atoms with Crippen LogP contribution in [-0.4, -0.2) is 25.5 Å². The molecule has 1 rings (SSSR count). The molecule has 1 atom stereocenters. The lowest BCUT2D eigenvalue weighted by Gasteiger charge is -2.21. The van der Waals surface area contributed by atoms with Crippen LogP contribution in [-0.2, 0) is 4.79 Å². The highest BCUT2D eigenvalue weighted by atomic mass is 16.1. The van der Waals surface area contributed by atoms with E-state index in [4.69, 9.17) is 0 Å². The minimum absolute atomic E-state index is 0.165. The van der Waals surface area contributed by atoms with Gasteiger partial charge in [-0.1, -0.05) is 0 Å². The molecule has 0 radical (unpaired) electrons. The van der Waals surface area contributed by atoms with E-state index in [0.29, 0.717) is 6.54 Å². The van der Waals surface area contributed by atoms with Crippen LogP contribution in [0.4, 0.5) is 0 Å². The minimum Gasteiger partial charge on any atom is -0.355 e. The molecule has 78 valence electrons. The first-order valence-electron chi connectivity index (χ1n) is 5.22. The number of carbonyl (C=O) groups is 1. The Bertz CT molecular complexity index is 233. The molecule has 0 spiro atoms. The number of amides is 1. The van der Waals surface area contributed by atoms with Crippen molar-refractivity contribution >= 4 is 5.91 Å². The maximum absolute atomic E-state index is 11.6. The molecule has 0 saturated carbocycles. The van der Waals surface area contributed by atoms with Gasteiger partial charge in [0.1, 0.15) is 0 Å². The molecule has 0 aromatic carbocycles. The first kappa shape index (κ1) is 11.1. The Balaban J connectivity index is 2.15. The highest BCUT2D eigenvalue weighted by Gasteiger charge is 2.19. The van der Waals surface area contributed by atoms with E-state index in [1.54, 1.807) is 0 Å². The number of hydrogen-bond donors (Lipinski definition) is 2. The van der Waals surface area contributed by atoms with Crippen molar-refractivity contribution in [3.05, 3.63) is 0 Å². The van der Waals surface area contributed by atoms with E-state index in [2.05, 4.69) is 22.5 Å². The van der Waals surface area contributed by atoms with E-state index in [-0.39, 0.29) is 11.8 Å². The van der Waals surface area contributed by atoms with Crippen molar-refractivity contribution in [3.8, 4) is 11.8 Å².